The molecule has 32 heavy (non-hydrogen) atoms. The number of nitrogens with zero attached hydrogens (tertiary/aromatic N) is 2. The molecular weight excluding hydrogens is 453 g/mol. The van der Waals surface area contributed by atoms with Crippen LogP contribution in [0.5, 0.6) is 0 Å². The predicted octanol–water partition coefficient (Wildman–Crippen LogP) is 3.90. The fourth-order valence-corrected chi connectivity index (χ4v) is 5.57. The van der Waals surface area contributed by atoms with Crippen molar-refractivity contribution in [3.63, 3.8) is 0 Å². The summed E-state index contributed by atoms with van der Waals surface area (Å²) in [5, 5.41) is 3.68. The molecule has 1 aliphatic rings. The third-order valence-electron chi connectivity index (χ3n) is 5.76. The second-order valence-corrected chi connectivity index (χ2v) is 10.2. The number of hydrogen-bond acceptors (Lipinski definition) is 4. The van der Waals surface area contributed by atoms with Crippen molar-refractivity contribution in [2.45, 2.75) is 44.2 Å². The van der Waals surface area contributed by atoms with E-state index in [9.17, 15) is 17.6 Å². The first-order chi connectivity index (χ1) is 15.2. The van der Waals surface area contributed by atoms with E-state index in [0.29, 0.717) is 5.02 Å². The summed E-state index contributed by atoms with van der Waals surface area (Å²) >= 11 is 5.94. The van der Waals surface area contributed by atoms with Gasteiger partial charge in [-0.1, -0.05) is 37.6 Å². The van der Waals surface area contributed by atoms with Gasteiger partial charge in [0.2, 0.25) is 10.0 Å². The smallest absolute Gasteiger partial charge is 0.251 e. The van der Waals surface area contributed by atoms with E-state index in [4.69, 9.17) is 11.6 Å². The third kappa shape index (κ3) is 5.86. The Kier molecular flexibility index (Phi) is 8.27. The molecule has 0 atom stereocenters. The Bertz CT molecular complexity index is 1030. The predicted molar refractivity (Wildman–Crippen MR) is 124 cm³/mol. The molecule has 1 N–H and O–H groups in total. The molecule has 0 aromatic heterocycles. The molecule has 1 amide bonds. The number of amides is 1. The van der Waals surface area contributed by atoms with Gasteiger partial charge in [0.25, 0.3) is 5.91 Å². The van der Waals surface area contributed by atoms with Gasteiger partial charge < -0.3 is 5.32 Å². The molecule has 0 saturated carbocycles. The van der Waals surface area contributed by atoms with Gasteiger partial charge in [-0.3, -0.25) is 9.69 Å². The van der Waals surface area contributed by atoms with E-state index in [1.807, 2.05) is 24.3 Å². The molecule has 1 aliphatic heterocycles. The maximum Gasteiger partial charge on any atom is 0.251 e. The molecule has 0 unspecified atom stereocenters. The normalized spacial score (nSPS) is 15.8. The van der Waals surface area contributed by atoms with Crippen molar-refractivity contribution < 1.29 is 17.6 Å². The van der Waals surface area contributed by atoms with Gasteiger partial charge in [-0.05, 0) is 48.7 Å². The highest BCUT2D eigenvalue weighted by molar-refractivity contribution is 7.89. The number of halogens is 2. The van der Waals surface area contributed by atoms with Crippen LogP contribution in [0.1, 0.15) is 42.6 Å². The van der Waals surface area contributed by atoms with Crippen LogP contribution in [0.15, 0.2) is 47.4 Å². The highest BCUT2D eigenvalue weighted by Gasteiger charge is 2.27. The SMILES string of the molecule is CCN(CC)S(=O)(=O)c1cc(C(=O)NC2CCN(Cc3ccc(Cl)cc3)CC2)ccc1F. The van der Waals surface area contributed by atoms with Gasteiger partial charge in [0.05, 0.1) is 0 Å². The second kappa shape index (κ2) is 10.7. The van der Waals surface area contributed by atoms with Gasteiger partial charge in [0, 0.05) is 49.4 Å². The van der Waals surface area contributed by atoms with Crippen molar-refractivity contribution in [2.24, 2.45) is 0 Å². The molecule has 0 spiro atoms. The van der Waals surface area contributed by atoms with E-state index in [2.05, 4.69) is 10.2 Å². The number of rotatable bonds is 8. The molecule has 2 aromatic rings. The number of carbonyl (C=O) groups excluding carboxylic acids is 1. The van der Waals surface area contributed by atoms with Gasteiger partial charge in [0.15, 0.2) is 0 Å². The summed E-state index contributed by atoms with van der Waals surface area (Å²) in [6.07, 6.45) is 1.57. The first-order valence-electron chi connectivity index (χ1n) is 10.8. The number of sulfonamides is 1. The zero-order chi connectivity index (χ0) is 23.3. The third-order valence-corrected chi connectivity index (χ3v) is 8.08. The van der Waals surface area contributed by atoms with Gasteiger partial charge >= 0.3 is 0 Å². The van der Waals surface area contributed by atoms with Crippen LogP contribution < -0.4 is 5.32 Å². The van der Waals surface area contributed by atoms with Crippen LogP contribution in [-0.4, -0.2) is 55.8 Å². The van der Waals surface area contributed by atoms with E-state index >= 15 is 0 Å². The molecule has 2 aromatic carbocycles. The fraction of sp³-hybridized carbons (Fsp3) is 0.435. The molecule has 0 aliphatic carbocycles. The van der Waals surface area contributed by atoms with Crippen molar-refractivity contribution in [1.29, 1.82) is 0 Å². The fourth-order valence-electron chi connectivity index (χ4n) is 3.90. The van der Waals surface area contributed by atoms with Gasteiger partial charge in [-0.25, -0.2) is 12.8 Å². The molecule has 9 heteroatoms. The van der Waals surface area contributed by atoms with Gasteiger partial charge in [0.1, 0.15) is 10.7 Å². The molecular formula is C23H29ClFN3O3S. The monoisotopic (exact) mass is 481 g/mol. The van der Waals surface area contributed by atoms with Crippen LogP contribution in [0.25, 0.3) is 0 Å². The lowest BCUT2D eigenvalue weighted by molar-refractivity contribution is 0.0908. The van der Waals surface area contributed by atoms with E-state index < -0.39 is 26.6 Å². The van der Waals surface area contributed by atoms with Crippen molar-refractivity contribution >= 4 is 27.5 Å². The Morgan fingerprint density at radius 3 is 2.34 bits per heavy atom. The van der Waals surface area contributed by atoms with E-state index in [-0.39, 0.29) is 24.7 Å². The Hall–Kier alpha value is -2.00. The van der Waals surface area contributed by atoms with Crippen molar-refractivity contribution in [3.05, 3.63) is 64.4 Å². The number of nitrogens with one attached hydrogen (secondary N) is 1. The number of likely N-dealkylation sites (tertiary alicyclic amines) is 1. The van der Waals surface area contributed by atoms with Crippen LogP contribution in [0.4, 0.5) is 4.39 Å². The summed E-state index contributed by atoms with van der Waals surface area (Å²) in [5.74, 6) is -1.25. The molecule has 1 fully saturated rings. The van der Waals surface area contributed by atoms with E-state index in [1.54, 1.807) is 13.8 Å². The average Bonchev–Trinajstić information content (AvgIpc) is 2.77. The Balaban J connectivity index is 1.61. The van der Waals surface area contributed by atoms with Crippen LogP contribution >= 0.6 is 11.6 Å². The molecule has 0 radical (unpaired) electrons. The highest BCUT2D eigenvalue weighted by Crippen LogP contribution is 2.22. The summed E-state index contributed by atoms with van der Waals surface area (Å²) < 4.78 is 40.9. The van der Waals surface area contributed by atoms with Crippen molar-refractivity contribution in [1.82, 2.24) is 14.5 Å². The van der Waals surface area contributed by atoms with Crippen LogP contribution in [0.3, 0.4) is 0 Å². The van der Waals surface area contributed by atoms with Crippen molar-refractivity contribution in [3.8, 4) is 0 Å². The number of carbonyl (C=O) groups is 1. The standard InChI is InChI=1S/C23H29ClFN3O3S/c1-3-28(4-2)32(30,31)22-15-18(7-10-21(22)25)23(29)26-20-11-13-27(14-12-20)16-17-5-8-19(24)9-6-17/h5-10,15,20H,3-4,11-14,16H2,1-2H3,(H,26,29). The average molecular weight is 482 g/mol. The lowest BCUT2D eigenvalue weighted by Gasteiger charge is -2.32. The minimum atomic E-state index is -4.00. The van der Waals surface area contributed by atoms with Crippen LogP contribution in [0.2, 0.25) is 5.02 Å². The molecule has 174 valence electrons. The second-order valence-electron chi connectivity index (χ2n) is 7.88. The quantitative estimate of drug-likeness (QED) is 0.620. The Labute approximate surface area is 194 Å². The van der Waals surface area contributed by atoms with E-state index in [0.717, 1.165) is 44.6 Å². The number of hydrogen-bond donors (Lipinski definition) is 1. The maximum absolute atomic E-state index is 14.3. The Morgan fingerprint density at radius 1 is 1.12 bits per heavy atom. The molecule has 0 bridgehead atoms. The first-order valence-corrected chi connectivity index (χ1v) is 12.6. The van der Waals surface area contributed by atoms with Crippen LogP contribution in [0, 0.1) is 5.82 Å². The zero-order valence-corrected chi connectivity index (χ0v) is 19.9. The van der Waals surface area contributed by atoms with Crippen LogP contribution in [-0.2, 0) is 16.6 Å². The van der Waals surface area contributed by atoms with Gasteiger partial charge in [-0.15, -0.1) is 0 Å². The first kappa shape index (κ1) is 24.6. The molecule has 6 nitrogen and oxygen atoms in total. The zero-order valence-electron chi connectivity index (χ0n) is 18.4. The molecule has 1 heterocycles. The van der Waals surface area contributed by atoms with Gasteiger partial charge in [-0.2, -0.15) is 4.31 Å². The highest BCUT2D eigenvalue weighted by atomic mass is 35.5. The largest absolute Gasteiger partial charge is 0.349 e. The van der Waals surface area contributed by atoms with E-state index in [1.165, 1.54) is 15.9 Å². The molecule has 1 saturated heterocycles. The topological polar surface area (TPSA) is 69.7 Å². The lowest BCUT2D eigenvalue weighted by Crippen LogP contribution is -2.44. The lowest BCUT2D eigenvalue weighted by atomic mass is 10.0. The number of piperidine rings is 1. The Morgan fingerprint density at radius 2 is 1.75 bits per heavy atom. The maximum atomic E-state index is 14.3. The minimum Gasteiger partial charge on any atom is -0.349 e. The molecule has 3 rings (SSSR count). The summed E-state index contributed by atoms with van der Waals surface area (Å²) in [4.78, 5) is 14.6. The minimum absolute atomic E-state index is 0.0168. The summed E-state index contributed by atoms with van der Waals surface area (Å²) in [6, 6.07) is 11.2. The summed E-state index contributed by atoms with van der Waals surface area (Å²) in [7, 11) is -4.00. The number of benzene rings is 2. The summed E-state index contributed by atoms with van der Waals surface area (Å²) in [5.41, 5.74) is 1.32. The van der Waals surface area contributed by atoms with Crippen molar-refractivity contribution in [2.75, 3.05) is 26.2 Å². The summed E-state index contributed by atoms with van der Waals surface area (Å²) in [6.45, 7) is 6.32.